The number of ether oxygens (including phenoxy) is 2. The van der Waals surface area contributed by atoms with E-state index in [2.05, 4.69) is 36.4 Å². The molecule has 0 spiro atoms. The van der Waals surface area contributed by atoms with Crippen LogP contribution in [0.15, 0.2) is 115 Å². The Balaban J connectivity index is 1.58. The first-order valence-electron chi connectivity index (χ1n) is 13.1. The summed E-state index contributed by atoms with van der Waals surface area (Å²) in [6.07, 6.45) is -1.93. The number of nitrogens with zero attached hydrogens (tertiary/aromatic N) is 1. The van der Waals surface area contributed by atoms with E-state index in [0.717, 1.165) is 28.0 Å². The van der Waals surface area contributed by atoms with Gasteiger partial charge in [0.15, 0.2) is 0 Å². The second-order valence-corrected chi connectivity index (χ2v) is 9.90. The molecule has 0 radical (unpaired) electrons. The molecule has 0 aliphatic carbocycles. The SMILES string of the molecule is COc1ccc([C@H]2[C@H](COC(c3ccccc3)(c3ccccc3)c3ccccc3)CN(C(=O)O)C[C@@H]2O)cc1. The second kappa shape index (κ2) is 11.7. The van der Waals surface area contributed by atoms with Gasteiger partial charge in [-0.1, -0.05) is 103 Å². The molecule has 200 valence electrons. The fraction of sp³-hybridized carbons (Fsp3) is 0.242. The number of piperidine rings is 1. The van der Waals surface area contributed by atoms with Gasteiger partial charge in [-0.25, -0.2) is 4.79 Å². The van der Waals surface area contributed by atoms with Gasteiger partial charge >= 0.3 is 6.09 Å². The quantitative estimate of drug-likeness (QED) is 0.287. The van der Waals surface area contributed by atoms with Crippen molar-refractivity contribution in [3.8, 4) is 5.75 Å². The highest BCUT2D eigenvalue weighted by molar-refractivity contribution is 5.65. The van der Waals surface area contributed by atoms with Crippen LogP contribution in [0.3, 0.4) is 0 Å². The lowest BCUT2D eigenvalue weighted by molar-refractivity contribution is -0.0513. The number of β-amino-alcohol motifs (C(OH)–C–C–N with tert-alkyl or cyclic N) is 1. The molecule has 1 amide bonds. The van der Waals surface area contributed by atoms with Gasteiger partial charge in [-0.05, 0) is 34.4 Å². The summed E-state index contributed by atoms with van der Waals surface area (Å²) in [7, 11) is 1.61. The van der Waals surface area contributed by atoms with Crippen molar-refractivity contribution >= 4 is 6.09 Å². The van der Waals surface area contributed by atoms with Gasteiger partial charge in [0.1, 0.15) is 11.4 Å². The third kappa shape index (κ3) is 5.39. The van der Waals surface area contributed by atoms with Crippen LogP contribution in [0, 0.1) is 5.92 Å². The summed E-state index contributed by atoms with van der Waals surface area (Å²) < 4.78 is 12.4. The first-order chi connectivity index (χ1) is 19.0. The Labute approximate surface area is 229 Å². The van der Waals surface area contributed by atoms with Gasteiger partial charge in [-0.2, -0.15) is 0 Å². The topological polar surface area (TPSA) is 79.2 Å². The monoisotopic (exact) mass is 523 g/mol. The zero-order chi connectivity index (χ0) is 27.2. The highest BCUT2D eigenvalue weighted by Gasteiger charge is 2.43. The van der Waals surface area contributed by atoms with E-state index in [9.17, 15) is 15.0 Å². The molecule has 1 saturated heterocycles. The van der Waals surface area contributed by atoms with Crippen LogP contribution in [0.5, 0.6) is 5.75 Å². The summed E-state index contributed by atoms with van der Waals surface area (Å²) >= 11 is 0. The molecule has 39 heavy (non-hydrogen) atoms. The molecule has 4 aromatic rings. The Morgan fingerprint density at radius 1 is 0.795 bits per heavy atom. The fourth-order valence-electron chi connectivity index (χ4n) is 5.76. The molecule has 0 bridgehead atoms. The summed E-state index contributed by atoms with van der Waals surface area (Å²) in [6.45, 7) is 0.511. The van der Waals surface area contributed by atoms with Crippen molar-refractivity contribution in [3.63, 3.8) is 0 Å². The number of aliphatic hydroxyl groups excluding tert-OH is 1. The number of carbonyl (C=O) groups is 1. The number of hydrogen-bond donors (Lipinski definition) is 2. The number of amides is 1. The maximum Gasteiger partial charge on any atom is 0.407 e. The highest BCUT2D eigenvalue weighted by atomic mass is 16.5. The van der Waals surface area contributed by atoms with Gasteiger partial charge in [0.2, 0.25) is 0 Å². The van der Waals surface area contributed by atoms with Gasteiger partial charge in [0, 0.05) is 18.4 Å². The van der Waals surface area contributed by atoms with Crippen LogP contribution < -0.4 is 4.74 Å². The van der Waals surface area contributed by atoms with Crippen molar-refractivity contribution in [2.24, 2.45) is 5.92 Å². The molecule has 6 nitrogen and oxygen atoms in total. The van der Waals surface area contributed by atoms with Crippen molar-refractivity contribution in [2.45, 2.75) is 17.6 Å². The number of rotatable bonds is 8. The minimum absolute atomic E-state index is 0.0454. The Kier molecular flexibility index (Phi) is 7.96. The zero-order valence-corrected chi connectivity index (χ0v) is 21.9. The number of methoxy groups -OCH3 is 1. The molecule has 0 saturated carbocycles. The minimum atomic E-state index is -1.05. The predicted molar refractivity (Wildman–Crippen MR) is 150 cm³/mol. The average Bonchev–Trinajstić information content (AvgIpc) is 2.99. The third-order valence-corrected chi connectivity index (χ3v) is 7.61. The zero-order valence-electron chi connectivity index (χ0n) is 21.9. The minimum Gasteiger partial charge on any atom is -0.497 e. The Bertz CT molecular complexity index is 1250. The van der Waals surface area contributed by atoms with E-state index in [1.54, 1.807) is 7.11 Å². The molecule has 1 aliphatic heterocycles. The van der Waals surface area contributed by atoms with Crippen LogP contribution >= 0.6 is 0 Å². The van der Waals surface area contributed by atoms with E-state index in [-0.39, 0.29) is 31.5 Å². The smallest absolute Gasteiger partial charge is 0.407 e. The van der Waals surface area contributed by atoms with Crippen LogP contribution in [-0.4, -0.2) is 54.1 Å². The molecule has 1 heterocycles. The van der Waals surface area contributed by atoms with E-state index in [1.807, 2.05) is 78.9 Å². The number of likely N-dealkylation sites (tertiary alicyclic amines) is 1. The lowest BCUT2D eigenvalue weighted by Gasteiger charge is -2.43. The summed E-state index contributed by atoms with van der Waals surface area (Å²) in [6, 6.07) is 37.9. The van der Waals surface area contributed by atoms with Crippen LogP contribution in [0.2, 0.25) is 0 Å². The molecule has 0 unspecified atom stereocenters. The summed E-state index contributed by atoms with van der Waals surface area (Å²) in [4.78, 5) is 13.3. The maximum atomic E-state index is 12.0. The summed E-state index contributed by atoms with van der Waals surface area (Å²) in [5.74, 6) is 0.112. The van der Waals surface area contributed by atoms with Gasteiger partial charge in [0.25, 0.3) is 0 Å². The van der Waals surface area contributed by atoms with Crippen LogP contribution in [0.4, 0.5) is 4.79 Å². The van der Waals surface area contributed by atoms with Crippen molar-refractivity contribution < 1.29 is 24.5 Å². The van der Waals surface area contributed by atoms with Gasteiger partial charge < -0.3 is 24.6 Å². The van der Waals surface area contributed by atoms with Crippen molar-refractivity contribution in [3.05, 3.63) is 138 Å². The van der Waals surface area contributed by atoms with Crippen LogP contribution in [-0.2, 0) is 10.3 Å². The highest BCUT2D eigenvalue weighted by Crippen LogP contribution is 2.43. The molecular weight excluding hydrogens is 490 g/mol. The molecule has 5 rings (SSSR count). The number of benzene rings is 4. The normalized spacial score (nSPS) is 19.4. The lowest BCUT2D eigenvalue weighted by Crippen LogP contribution is -2.52. The molecule has 0 aromatic heterocycles. The van der Waals surface area contributed by atoms with E-state index < -0.39 is 17.8 Å². The molecule has 1 aliphatic rings. The van der Waals surface area contributed by atoms with E-state index in [0.29, 0.717) is 0 Å². The molecule has 1 fully saturated rings. The molecule has 4 aromatic carbocycles. The first kappa shape index (κ1) is 26.5. The summed E-state index contributed by atoms with van der Waals surface area (Å²) in [5, 5.41) is 21.0. The van der Waals surface area contributed by atoms with Gasteiger partial charge in [-0.15, -0.1) is 0 Å². The second-order valence-electron chi connectivity index (χ2n) is 9.90. The first-order valence-corrected chi connectivity index (χ1v) is 13.1. The molecular formula is C33H33NO5. The van der Waals surface area contributed by atoms with Crippen molar-refractivity contribution in [1.82, 2.24) is 4.90 Å². The third-order valence-electron chi connectivity index (χ3n) is 7.61. The van der Waals surface area contributed by atoms with Crippen LogP contribution in [0.25, 0.3) is 0 Å². The maximum absolute atomic E-state index is 12.0. The fourth-order valence-corrected chi connectivity index (χ4v) is 5.76. The van der Waals surface area contributed by atoms with Gasteiger partial charge in [-0.3, -0.25) is 0 Å². The van der Waals surface area contributed by atoms with E-state index in [4.69, 9.17) is 9.47 Å². The lowest BCUT2D eigenvalue weighted by atomic mass is 9.77. The Morgan fingerprint density at radius 2 is 1.28 bits per heavy atom. The average molecular weight is 524 g/mol. The summed E-state index contributed by atoms with van der Waals surface area (Å²) in [5.41, 5.74) is 2.89. The van der Waals surface area contributed by atoms with Crippen molar-refractivity contribution in [2.75, 3.05) is 26.8 Å². The predicted octanol–water partition coefficient (Wildman–Crippen LogP) is 5.76. The largest absolute Gasteiger partial charge is 0.497 e. The molecule has 2 N–H and O–H groups in total. The number of hydrogen-bond acceptors (Lipinski definition) is 4. The Hall–Kier alpha value is -4.13. The van der Waals surface area contributed by atoms with E-state index >= 15 is 0 Å². The standard InChI is InChI=1S/C33H33NO5/c1-38-29-19-17-24(18-20-29)31-25(21-34(32(36)37)22-30(31)35)23-39-33(26-11-5-2-6-12-26,27-13-7-3-8-14-27)28-15-9-4-10-16-28/h2-20,25,30-31,35H,21-23H2,1H3,(H,36,37)/t25-,30-,31-/m0/s1. The number of aliphatic hydroxyl groups is 1. The molecule has 3 atom stereocenters. The van der Waals surface area contributed by atoms with Gasteiger partial charge in [0.05, 0.1) is 26.4 Å². The van der Waals surface area contributed by atoms with E-state index in [1.165, 1.54) is 4.90 Å². The van der Waals surface area contributed by atoms with Crippen LogP contribution in [0.1, 0.15) is 28.2 Å². The van der Waals surface area contributed by atoms with Crippen molar-refractivity contribution in [1.29, 1.82) is 0 Å². The molecule has 6 heteroatoms. The Morgan fingerprint density at radius 3 is 1.72 bits per heavy atom. The number of carboxylic acid groups (broad SMARTS) is 1.